The van der Waals surface area contributed by atoms with Crippen LogP contribution in [-0.4, -0.2) is 55.9 Å². The van der Waals surface area contributed by atoms with Gasteiger partial charge in [0.2, 0.25) is 5.91 Å². The molecule has 0 atom stereocenters. The SMILES string of the molecule is CN(C)C(=O)CN=C(NCCc1cccs1)N(C)Cc1ccccc1. The van der Waals surface area contributed by atoms with Crippen LogP contribution in [0, 0.1) is 0 Å². The molecule has 2 aromatic rings. The van der Waals surface area contributed by atoms with E-state index in [0.717, 1.165) is 25.5 Å². The number of hydrogen-bond acceptors (Lipinski definition) is 3. The number of aliphatic imine (C=N–C) groups is 1. The maximum atomic E-state index is 11.9. The smallest absolute Gasteiger partial charge is 0.243 e. The number of guanidine groups is 1. The van der Waals surface area contributed by atoms with Crippen LogP contribution >= 0.6 is 11.3 Å². The molecule has 0 radical (unpaired) electrons. The first-order chi connectivity index (χ1) is 12.1. The predicted molar refractivity (Wildman–Crippen MR) is 105 cm³/mol. The summed E-state index contributed by atoms with van der Waals surface area (Å²) in [4.78, 5) is 21.3. The van der Waals surface area contributed by atoms with E-state index < -0.39 is 0 Å². The molecular formula is C19H26N4OS. The summed E-state index contributed by atoms with van der Waals surface area (Å²) in [6, 6.07) is 14.4. The van der Waals surface area contributed by atoms with E-state index in [1.165, 1.54) is 10.4 Å². The number of nitrogens with one attached hydrogen (secondary N) is 1. The largest absolute Gasteiger partial charge is 0.356 e. The Morgan fingerprint density at radius 1 is 1.12 bits per heavy atom. The first-order valence-corrected chi connectivity index (χ1v) is 9.20. The zero-order chi connectivity index (χ0) is 18.1. The van der Waals surface area contributed by atoms with E-state index in [4.69, 9.17) is 0 Å². The van der Waals surface area contributed by atoms with Gasteiger partial charge in [0, 0.05) is 39.1 Å². The van der Waals surface area contributed by atoms with Gasteiger partial charge >= 0.3 is 0 Å². The quantitative estimate of drug-likeness (QED) is 0.611. The number of likely N-dealkylation sites (N-methyl/N-ethyl adjacent to an activating group) is 1. The Bertz CT molecular complexity index is 668. The summed E-state index contributed by atoms with van der Waals surface area (Å²) in [6.07, 6.45) is 0.942. The van der Waals surface area contributed by atoms with Crippen molar-refractivity contribution < 1.29 is 4.79 Å². The Hall–Kier alpha value is -2.34. The lowest BCUT2D eigenvalue weighted by molar-refractivity contribution is -0.127. The molecule has 0 aliphatic heterocycles. The molecule has 1 amide bonds. The lowest BCUT2D eigenvalue weighted by atomic mass is 10.2. The Kier molecular flexibility index (Phi) is 7.47. The summed E-state index contributed by atoms with van der Waals surface area (Å²) in [7, 11) is 5.48. The van der Waals surface area contributed by atoms with Crippen molar-refractivity contribution >= 4 is 23.2 Å². The Balaban J connectivity index is 1.99. The zero-order valence-electron chi connectivity index (χ0n) is 15.1. The molecule has 1 N–H and O–H groups in total. The molecule has 25 heavy (non-hydrogen) atoms. The average molecular weight is 359 g/mol. The zero-order valence-corrected chi connectivity index (χ0v) is 15.9. The number of hydrogen-bond donors (Lipinski definition) is 1. The molecule has 0 saturated heterocycles. The topological polar surface area (TPSA) is 47.9 Å². The predicted octanol–water partition coefficient (Wildman–Crippen LogP) is 2.46. The van der Waals surface area contributed by atoms with Crippen molar-refractivity contribution in [1.82, 2.24) is 15.1 Å². The van der Waals surface area contributed by atoms with Gasteiger partial charge < -0.3 is 15.1 Å². The molecule has 1 heterocycles. The first kappa shape index (κ1) is 19.0. The molecule has 1 aromatic heterocycles. The molecule has 5 nitrogen and oxygen atoms in total. The van der Waals surface area contributed by atoms with Crippen LogP contribution in [0.4, 0.5) is 0 Å². The molecule has 6 heteroatoms. The van der Waals surface area contributed by atoms with Gasteiger partial charge in [0.15, 0.2) is 5.96 Å². The van der Waals surface area contributed by atoms with Crippen molar-refractivity contribution in [2.45, 2.75) is 13.0 Å². The maximum absolute atomic E-state index is 11.9. The minimum Gasteiger partial charge on any atom is -0.356 e. The van der Waals surface area contributed by atoms with E-state index in [2.05, 4.69) is 40.0 Å². The molecule has 0 spiro atoms. The average Bonchev–Trinajstić information content (AvgIpc) is 3.11. The van der Waals surface area contributed by atoms with Gasteiger partial charge in [-0.3, -0.25) is 4.79 Å². The summed E-state index contributed by atoms with van der Waals surface area (Å²) in [5.41, 5.74) is 1.21. The highest BCUT2D eigenvalue weighted by Crippen LogP contribution is 2.08. The summed E-state index contributed by atoms with van der Waals surface area (Å²) >= 11 is 1.75. The summed E-state index contributed by atoms with van der Waals surface area (Å²) in [6.45, 7) is 1.67. The van der Waals surface area contributed by atoms with Gasteiger partial charge in [-0.15, -0.1) is 11.3 Å². The van der Waals surface area contributed by atoms with E-state index in [0.29, 0.717) is 0 Å². The van der Waals surface area contributed by atoms with Crippen molar-refractivity contribution in [2.75, 3.05) is 34.2 Å². The van der Waals surface area contributed by atoms with E-state index in [1.807, 2.05) is 30.1 Å². The van der Waals surface area contributed by atoms with Crippen LogP contribution in [0.15, 0.2) is 52.8 Å². The number of amides is 1. The van der Waals surface area contributed by atoms with E-state index in [-0.39, 0.29) is 12.5 Å². The summed E-state index contributed by atoms with van der Waals surface area (Å²) in [5, 5.41) is 5.47. The summed E-state index contributed by atoms with van der Waals surface area (Å²) in [5.74, 6) is 0.737. The van der Waals surface area contributed by atoms with Crippen molar-refractivity contribution in [3.05, 3.63) is 58.3 Å². The van der Waals surface area contributed by atoms with Gasteiger partial charge in [0.05, 0.1) is 0 Å². The minimum absolute atomic E-state index is 0.00864. The third-order valence-electron chi connectivity index (χ3n) is 3.72. The maximum Gasteiger partial charge on any atom is 0.243 e. The van der Waals surface area contributed by atoms with Crippen LogP contribution in [0.3, 0.4) is 0 Å². The molecule has 0 aliphatic rings. The molecule has 0 fully saturated rings. The lowest BCUT2D eigenvalue weighted by Crippen LogP contribution is -2.40. The number of carbonyl (C=O) groups is 1. The standard InChI is InChI=1S/C19H26N4OS/c1-22(2)18(24)14-21-19(20-12-11-17-10-7-13-25-17)23(3)15-16-8-5-4-6-9-16/h4-10,13H,11-12,14-15H2,1-3H3,(H,20,21). The van der Waals surface area contributed by atoms with Crippen molar-refractivity contribution in [3.8, 4) is 0 Å². The van der Waals surface area contributed by atoms with Crippen molar-refractivity contribution in [3.63, 3.8) is 0 Å². The molecular weight excluding hydrogens is 332 g/mol. The molecule has 0 unspecified atom stereocenters. The molecule has 0 bridgehead atoms. The molecule has 134 valence electrons. The van der Waals surface area contributed by atoms with Gasteiger partial charge in [-0.1, -0.05) is 36.4 Å². The fourth-order valence-corrected chi connectivity index (χ4v) is 2.99. The fourth-order valence-electron chi connectivity index (χ4n) is 2.28. The number of benzene rings is 1. The minimum atomic E-state index is -0.00864. The highest BCUT2D eigenvalue weighted by atomic mass is 32.1. The normalized spacial score (nSPS) is 11.2. The highest BCUT2D eigenvalue weighted by molar-refractivity contribution is 7.09. The molecule has 1 aromatic carbocycles. The van der Waals surface area contributed by atoms with Gasteiger partial charge in [0.1, 0.15) is 6.54 Å². The Morgan fingerprint density at radius 3 is 2.52 bits per heavy atom. The van der Waals surface area contributed by atoms with Gasteiger partial charge in [-0.2, -0.15) is 0 Å². The van der Waals surface area contributed by atoms with Gasteiger partial charge in [-0.05, 0) is 23.4 Å². The van der Waals surface area contributed by atoms with Crippen molar-refractivity contribution in [2.24, 2.45) is 4.99 Å². The van der Waals surface area contributed by atoms with E-state index >= 15 is 0 Å². The first-order valence-electron chi connectivity index (χ1n) is 8.32. The van der Waals surface area contributed by atoms with E-state index in [9.17, 15) is 4.79 Å². The van der Waals surface area contributed by atoms with Gasteiger partial charge in [0.25, 0.3) is 0 Å². The number of thiophene rings is 1. The number of carbonyl (C=O) groups excluding carboxylic acids is 1. The third-order valence-corrected chi connectivity index (χ3v) is 4.66. The Labute approximate surface area is 154 Å². The second-order valence-electron chi connectivity index (χ2n) is 6.03. The van der Waals surface area contributed by atoms with E-state index in [1.54, 1.807) is 30.3 Å². The molecule has 0 saturated carbocycles. The van der Waals surface area contributed by atoms with Crippen LogP contribution in [0.2, 0.25) is 0 Å². The van der Waals surface area contributed by atoms with Crippen molar-refractivity contribution in [1.29, 1.82) is 0 Å². The van der Waals surface area contributed by atoms with Crippen LogP contribution in [0.25, 0.3) is 0 Å². The number of rotatable bonds is 7. The second kappa shape index (κ2) is 9.84. The second-order valence-corrected chi connectivity index (χ2v) is 7.06. The third kappa shape index (κ3) is 6.58. The Morgan fingerprint density at radius 2 is 1.88 bits per heavy atom. The fraction of sp³-hybridized carbons (Fsp3) is 0.368. The lowest BCUT2D eigenvalue weighted by Gasteiger charge is -2.23. The number of nitrogens with zero attached hydrogens (tertiary/aromatic N) is 3. The van der Waals surface area contributed by atoms with Gasteiger partial charge in [-0.25, -0.2) is 4.99 Å². The van der Waals surface area contributed by atoms with Crippen LogP contribution in [0.5, 0.6) is 0 Å². The molecule has 2 rings (SSSR count). The monoisotopic (exact) mass is 358 g/mol. The van der Waals surface area contributed by atoms with Crippen LogP contribution < -0.4 is 5.32 Å². The van der Waals surface area contributed by atoms with Crippen LogP contribution in [0.1, 0.15) is 10.4 Å². The highest BCUT2D eigenvalue weighted by Gasteiger charge is 2.09. The van der Waals surface area contributed by atoms with Crippen LogP contribution in [-0.2, 0) is 17.8 Å². The summed E-state index contributed by atoms with van der Waals surface area (Å²) < 4.78 is 0. The molecule has 0 aliphatic carbocycles.